The van der Waals surface area contributed by atoms with Crippen LogP contribution in [0.1, 0.15) is 5.82 Å². The molecule has 3 aromatic heterocycles. The Morgan fingerprint density at radius 1 is 1.12 bits per heavy atom. The van der Waals surface area contributed by atoms with E-state index >= 15 is 0 Å². The quantitative estimate of drug-likeness (QED) is 0.690. The average molecular weight is 359 g/mol. The lowest BCUT2D eigenvalue weighted by molar-refractivity contribution is 0.556. The summed E-state index contributed by atoms with van der Waals surface area (Å²) in [4.78, 5) is 1.51. The van der Waals surface area contributed by atoms with Gasteiger partial charge < -0.3 is 0 Å². The average Bonchev–Trinajstić information content (AvgIpc) is 2.85. The van der Waals surface area contributed by atoms with Gasteiger partial charge in [-0.3, -0.25) is 0 Å². The van der Waals surface area contributed by atoms with Crippen LogP contribution >= 0.6 is 31.9 Å². The van der Waals surface area contributed by atoms with E-state index in [1.54, 1.807) is 10.7 Å². The summed E-state index contributed by atoms with van der Waals surface area (Å²) < 4.78 is 2.96. The Hall–Kier alpha value is -1.35. The van der Waals surface area contributed by atoms with Crippen LogP contribution in [0.3, 0.4) is 0 Å². The molecule has 3 aromatic rings. The molecular weight excluding hydrogens is 354 g/mol. The van der Waals surface area contributed by atoms with Gasteiger partial charge in [-0.05, 0) is 44.0 Å². The van der Waals surface area contributed by atoms with Crippen LogP contribution in [0.5, 0.6) is 0 Å². The van der Waals surface area contributed by atoms with E-state index in [2.05, 4.69) is 57.4 Å². The summed E-state index contributed by atoms with van der Waals surface area (Å²) in [5, 5.41) is 20.5. The van der Waals surface area contributed by atoms with E-state index in [9.17, 15) is 0 Å². The summed E-state index contributed by atoms with van der Waals surface area (Å²) in [6, 6.07) is 3.65. The van der Waals surface area contributed by atoms with Crippen molar-refractivity contribution < 1.29 is 0 Å². The van der Waals surface area contributed by atoms with E-state index in [0.29, 0.717) is 27.2 Å². The lowest BCUT2D eigenvalue weighted by Crippen LogP contribution is -2.08. The number of hydrogen-bond donors (Lipinski definition) is 0. The highest BCUT2D eigenvalue weighted by molar-refractivity contribution is 9.13. The minimum atomic E-state index is 0.405. The fourth-order valence-electron chi connectivity index (χ4n) is 1.39. The first-order valence-corrected chi connectivity index (χ1v) is 6.24. The Kier molecular flexibility index (Phi) is 2.63. The van der Waals surface area contributed by atoms with Crippen LogP contribution in [0.25, 0.3) is 5.65 Å². The molecule has 0 fully saturated rings. The first kappa shape index (κ1) is 10.8. The molecule has 0 aromatic carbocycles. The molecule has 0 atom stereocenters. The van der Waals surface area contributed by atoms with Crippen molar-refractivity contribution in [2.75, 3.05) is 0 Å². The van der Waals surface area contributed by atoms with Gasteiger partial charge in [-0.1, -0.05) is 0 Å². The van der Waals surface area contributed by atoms with Gasteiger partial charge in [0.1, 0.15) is 6.54 Å². The van der Waals surface area contributed by atoms with Crippen LogP contribution < -0.4 is 0 Å². The third kappa shape index (κ3) is 1.95. The lowest BCUT2D eigenvalue weighted by atomic mass is 10.5. The van der Waals surface area contributed by atoms with Gasteiger partial charge in [-0.25, -0.2) is 0 Å². The fraction of sp³-hybridized carbons (Fsp3) is 0.125. The van der Waals surface area contributed by atoms with Crippen LogP contribution in [0.4, 0.5) is 0 Å². The van der Waals surface area contributed by atoms with Crippen molar-refractivity contribution in [1.29, 1.82) is 0 Å². The summed E-state index contributed by atoms with van der Waals surface area (Å²) in [5.74, 6) is 0.676. The first-order chi connectivity index (χ1) is 8.24. The molecule has 0 aliphatic carbocycles. The van der Waals surface area contributed by atoms with Crippen LogP contribution in [0.15, 0.2) is 27.5 Å². The van der Waals surface area contributed by atoms with E-state index in [-0.39, 0.29) is 0 Å². The number of halogens is 2. The fourth-order valence-corrected chi connectivity index (χ4v) is 1.92. The normalized spacial score (nSPS) is 11.2. The maximum absolute atomic E-state index is 4.17. The summed E-state index contributed by atoms with van der Waals surface area (Å²) in [7, 11) is 0. The molecule has 9 heteroatoms. The Bertz CT molecular complexity index is 654. The van der Waals surface area contributed by atoms with Crippen LogP contribution in [0, 0.1) is 0 Å². The monoisotopic (exact) mass is 357 g/mol. The van der Waals surface area contributed by atoms with Gasteiger partial charge in [-0.15, -0.1) is 20.4 Å². The molecule has 3 heterocycles. The summed E-state index contributed by atoms with van der Waals surface area (Å²) in [6.07, 6.45) is 1.68. The van der Waals surface area contributed by atoms with E-state index in [4.69, 9.17) is 0 Å². The van der Waals surface area contributed by atoms with Crippen LogP contribution in [-0.4, -0.2) is 34.8 Å². The number of hydrogen-bond acceptors (Lipinski definition) is 5. The molecule has 0 saturated carbocycles. The highest BCUT2D eigenvalue weighted by Gasteiger charge is 2.10. The molecular formula is C8H5Br2N7. The Morgan fingerprint density at radius 3 is 2.65 bits per heavy atom. The SMILES string of the molecule is Brc1nn(Cc2nnc3cccnn23)nc1Br. The number of fused-ring (bicyclic) bond motifs is 1. The second kappa shape index (κ2) is 4.15. The van der Waals surface area contributed by atoms with E-state index in [1.807, 2.05) is 12.1 Å². The van der Waals surface area contributed by atoms with Crippen molar-refractivity contribution in [3.05, 3.63) is 33.4 Å². The third-order valence-corrected chi connectivity index (χ3v) is 3.70. The third-order valence-electron chi connectivity index (χ3n) is 2.10. The zero-order chi connectivity index (χ0) is 11.8. The van der Waals surface area contributed by atoms with Crippen LogP contribution in [-0.2, 0) is 6.54 Å². The van der Waals surface area contributed by atoms with Crippen molar-refractivity contribution in [3.8, 4) is 0 Å². The van der Waals surface area contributed by atoms with Crippen molar-refractivity contribution in [2.24, 2.45) is 0 Å². The largest absolute Gasteiger partial charge is 0.195 e. The second-order valence-electron chi connectivity index (χ2n) is 3.22. The molecule has 3 rings (SSSR count). The van der Waals surface area contributed by atoms with Gasteiger partial charge >= 0.3 is 0 Å². The molecule has 0 amide bonds. The minimum Gasteiger partial charge on any atom is -0.195 e. The molecule has 0 unspecified atom stereocenters. The molecule has 7 nitrogen and oxygen atoms in total. The second-order valence-corrected chi connectivity index (χ2v) is 4.72. The molecule has 17 heavy (non-hydrogen) atoms. The summed E-state index contributed by atoms with van der Waals surface area (Å²) >= 11 is 6.54. The lowest BCUT2D eigenvalue weighted by Gasteiger charge is -1.96. The van der Waals surface area contributed by atoms with E-state index in [1.165, 1.54) is 4.80 Å². The van der Waals surface area contributed by atoms with Gasteiger partial charge in [0.15, 0.2) is 20.7 Å². The minimum absolute atomic E-state index is 0.405. The highest BCUT2D eigenvalue weighted by atomic mass is 79.9. The van der Waals surface area contributed by atoms with Crippen LogP contribution in [0.2, 0.25) is 0 Å². The zero-order valence-corrected chi connectivity index (χ0v) is 11.5. The predicted molar refractivity (Wildman–Crippen MR) is 65.3 cm³/mol. The maximum atomic E-state index is 4.17. The van der Waals surface area contributed by atoms with Gasteiger partial charge in [0.25, 0.3) is 0 Å². The zero-order valence-electron chi connectivity index (χ0n) is 8.33. The molecule has 0 aliphatic rings. The standard InChI is InChI=1S/C8H5Br2N7/c9-7-8(10)15-16(14-7)4-6-13-12-5-2-1-3-11-17(5)6/h1-3H,4H2. The smallest absolute Gasteiger partial charge is 0.178 e. The number of nitrogens with zero attached hydrogens (tertiary/aromatic N) is 7. The molecule has 0 spiro atoms. The number of aromatic nitrogens is 7. The van der Waals surface area contributed by atoms with E-state index < -0.39 is 0 Å². The highest BCUT2D eigenvalue weighted by Crippen LogP contribution is 2.17. The summed E-state index contributed by atoms with van der Waals surface area (Å²) in [6.45, 7) is 0.405. The first-order valence-electron chi connectivity index (χ1n) is 4.65. The number of rotatable bonds is 2. The Morgan fingerprint density at radius 2 is 1.88 bits per heavy atom. The Balaban J connectivity index is 2.00. The van der Waals surface area contributed by atoms with Crippen molar-refractivity contribution in [2.45, 2.75) is 6.54 Å². The van der Waals surface area contributed by atoms with E-state index in [0.717, 1.165) is 0 Å². The van der Waals surface area contributed by atoms with Gasteiger partial charge in [0.05, 0.1) is 0 Å². The van der Waals surface area contributed by atoms with Crippen molar-refractivity contribution in [1.82, 2.24) is 34.8 Å². The van der Waals surface area contributed by atoms with Gasteiger partial charge in [0.2, 0.25) is 0 Å². The van der Waals surface area contributed by atoms with Crippen molar-refractivity contribution >= 4 is 37.5 Å². The predicted octanol–water partition coefficient (Wildman–Crippen LogP) is 1.29. The molecule has 0 saturated heterocycles. The van der Waals surface area contributed by atoms with Gasteiger partial charge in [0, 0.05) is 6.20 Å². The molecule has 86 valence electrons. The summed E-state index contributed by atoms with van der Waals surface area (Å²) in [5.41, 5.74) is 0.702. The topological polar surface area (TPSA) is 73.8 Å². The Labute approximate surface area is 112 Å². The molecule has 0 bridgehead atoms. The maximum Gasteiger partial charge on any atom is 0.178 e. The van der Waals surface area contributed by atoms with Gasteiger partial charge in [-0.2, -0.15) is 14.4 Å². The molecule has 0 N–H and O–H groups in total. The molecule has 0 radical (unpaired) electrons. The van der Waals surface area contributed by atoms with Crippen molar-refractivity contribution in [3.63, 3.8) is 0 Å². The molecule has 0 aliphatic heterocycles.